The zero-order valence-corrected chi connectivity index (χ0v) is 11.2. The maximum Gasteiger partial charge on any atom is 0.219 e. The summed E-state index contributed by atoms with van der Waals surface area (Å²) in [7, 11) is 0. The van der Waals surface area contributed by atoms with Gasteiger partial charge in [0.1, 0.15) is 11.6 Å². The Hall–Kier alpha value is -1.65. The summed E-state index contributed by atoms with van der Waals surface area (Å²) >= 11 is 0. The van der Waals surface area contributed by atoms with E-state index in [1.165, 1.54) is 19.1 Å². The van der Waals surface area contributed by atoms with Crippen molar-refractivity contribution in [1.82, 2.24) is 4.90 Å². The molecule has 1 aromatic carbocycles. The van der Waals surface area contributed by atoms with E-state index in [1.807, 2.05) is 0 Å². The van der Waals surface area contributed by atoms with Crippen molar-refractivity contribution in [3.8, 4) is 0 Å². The van der Waals surface area contributed by atoms with E-state index in [9.17, 15) is 13.6 Å². The number of piperidine rings is 1. The summed E-state index contributed by atoms with van der Waals surface area (Å²) in [6, 6.07) is 2.47. The van der Waals surface area contributed by atoms with E-state index in [0.717, 1.165) is 12.8 Å². The van der Waals surface area contributed by atoms with Crippen LogP contribution in [-0.2, 0) is 4.79 Å². The molecule has 1 N–H and O–H groups in total. The average molecular weight is 268 g/mol. The number of hydrogen-bond acceptors (Lipinski definition) is 2. The molecule has 0 aromatic heterocycles. The predicted octanol–water partition coefficient (Wildman–Crippen LogP) is 2.70. The molecule has 0 radical (unpaired) electrons. The largest absolute Gasteiger partial charge is 0.380 e. The van der Waals surface area contributed by atoms with Gasteiger partial charge in [0.25, 0.3) is 0 Å². The minimum atomic E-state index is -0.437. The highest BCUT2D eigenvalue weighted by atomic mass is 19.1. The van der Waals surface area contributed by atoms with Crippen molar-refractivity contribution in [1.29, 1.82) is 0 Å². The van der Waals surface area contributed by atoms with Crippen LogP contribution in [0, 0.1) is 18.6 Å². The van der Waals surface area contributed by atoms with E-state index in [-0.39, 0.29) is 17.6 Å². The van der Waals surface area contributed by atoms with Crippen LogP contribution in [0.4, 0.5) is 14.5 Å². The summed E-state index contributed by atoms with van der Waals surface area (Å²) in [5.74, 6) is -0.788. The lowest BCUT2D eigenvalue weighted by Crippen LogP contribution is -2.41. The summed E-state index contributed by atoms with van der Waals surface area (Å²) in [5.41, 5.74) is 0.499. The van der Waals surface area contributed by atoms with Gasteiger partial charge in [-0.3, -0.25) is 4.79 Å². The van der Waals surface area contributed by atoms with Gasteiger partial charge < -0.3 is 10.2 Å². The number of carbonyl (C=O) groups is 1. The van der Waals surface area contributed by atoms with Crippen LogP contribution in [0.15, 0.2) is 12.1 Å². The van der Waals surface area contributed by atoms with Crippen LogP contribution in [0.3, 0.4) is 0 Å². The number of halogens is 2. The first-order valence-electron chi connectivity index (χ1n) is 6.45. The fourth-order valence-corrected chi connectivity index (χ4v) is 2.32. The SMILES string of the molecule is CC(=O)N1CCC(Nc2cc(F)c(C)cc2F)CC1. The first-order chi connectivity index (χ1) is 8.97. The predicted molar refractivity (Wildman–Crippen MR) is 70.0 cm³/mol. The third-order valence-corrected chi connectivity index (χ3v) is 3.55. The van der Waals surface area contributed by atoms with Crippen molar-refractivity contribution < 1.29 is 13.6 Å². The lowest BCUT2D eigenvalue weighted by molar-refractivity contribution is -0.129. The molecule has 0 atom stereocenters. The van der Waals surface area contributed by atoms with Gasteiger partial charge in [-0.15, -0.1) is 0 Å². The highest BCUT2D eigenvalue weighted by Gasteiger charge is 2.21. The summed E-state index contributed by atoms with van der Waals surface area (Å²) in [6.07, 6.45) is 1.49. The highest BCUT2D eigenvalue weighted by molar-refractivity contribution is 5.73. The van der Waals surface area contributed by atoms with E-state index < -0.39 is 11.6 Å². The van der Waals surface area contributed by atoms with E-state index in [0.29, 0.717) is 18.7 Å². The first kappa shape index (κ1) is 13.8. The van der Waals surface area contributed by atoms with E-state index in [2.05, 4.69) is 5.32 Å². The topological polar surface area (TPSA) is 32.3 Å². The van der Waals surface area contributed by atoms with Gasteiger partial charge in [0.15, 0.2) is 0 Å². The zero-order valence-electron chi connectivity index (χ0n) is 11.2. The van der Waals surface area contributed by atoms with Crippen molar-refractivity contribution >= 4 is 11.6 Å². The number of carbonyl (C=O) groups excluding carboxylic acids is 1. The second-order valence-electron chi connectivity index (χ2n) is 5.01. The number of rotatable bonds is 2. The second-order valence-corrected chi connectivity index (χ2v) is 5.01. The van der Waals surface area contributed by atoms with E-state index in [1.54, 1.807) is 11.8 Å². The molecule has 0 spiro atoms. The molecule has 0 aliphatic carbocycles. The minimum absolute atomic E-state index is 0.0611. The average Bonchev–Trinajstić information content (AvgIpc) is 2.36. The first-order valence-corrected chi connectivity index (χ1v) is 6.45. The number of likely N-dealkylation sites (tertiary alicyclic amines) is 1. The second kappa shape index (κ2) is 5.55. The molecule has 1 aliphatic heterocycles. The fraction of sp³-hybridized carbons (Fsp3) is 0.500. The number of amides is 1. The normalized spacial score (nSPS) is 16.5. The number of aryl methyl sites for hydroxylation is 1. The molecule has 0 bridgehead atoms. The van der Waals surface area contributed by atoms with Crippen molar-refractivity contribution in [3.05, 3.63) is 29.3 Å². The third kappa shape index (κ3) is 3.22. The van der Waals surface area contributed by atoms with Crippen LogP contribution in [0.5, 0.6) is 0 Å². The molecule has 0 saturated carbocycles. The smallest absolute Gasteiger partial charge is 0.219 e. The Morgan fingerprint density at radius 1 is 1.26 bits per heavy atom. The zero-order chi connectivity index (χ0) is 14.0. The molecule has 5 heteroatoms. The van der Waals surface area contributed by atoms with Gasteiger partial charge in [0.2, 0.25) is 5.91 Å². The quantitative estimate of drug-likeness (QED) is 0.894. The van der Waals surface area contributed by atoms with Gasteiger partial charge in [-0.1, -0.05) is 0 Å². The van der Waals surface area contributed by atoms with Gasteiger partial charge in [0.05, 0.1) is 5.69 Å². The third-order valence-electron chi connectivity index (χ3n) is 3.55. The minimum Gasteiger partial charge on any atom is -0.380 e. The number of benzene rings is 1. The molecule has 0 unspecified atom stereocenters. The van der Waals surface area contributed by atoms with Gasteiger partial charge in [-0.2, -0.15) is 0 Å². The maximum absolute atomic E-state index is 13.7. The van der Waals surface area contributed by atoms with E-state index >= 15 is 0 Å². The van der Waals surface area contributed by atoms with Gasteiger partial charge >= 0.3 is 0 Å². The monoisotopic (exact) mass is 268 g/mol. The molecular weight excluding hydrogens is 250 g/mol. The number of hydrogen-bond donors (Lipinski definition) is 1. The summed E-state index contributed by atoms with van der Waals surface area (Å²) < 4.78 is 27.1. The van der Waals surface area contributed by atoms with Crippen LogP contribution >= 0.6 is 0 Å². The highest BCUT2D eigenvalue weighted by Crippen LogP contribution is 2.22. The lowest BCUT2D eigenvalue weighted by Gasteiger charge is -2.32. The van der Waals surface area contributed by atoms with Crippen LogP contribution in [0.2, 0.25) is 0 Å². The molecule has 19 heavy (non-hydrogen) atoms. The maximum atomic E-state index is 13.7. The molecular formula is C14H18F2N2O. The molecule has 1 saturated heterocycles. The fourth-order valence-electron chi connectivity index (χ4n) is 2.32. The molecule has 2 rings (SSSR count). The molecule has 3 nitrogen and oxygen atoms in total. The van der Waals surface area contributed by atoms with Crippen LogP contribution in [0.25, 0.3) is 0 Å². The molecule has 1 fully saturated rings. The number of nitrogens with zero attached hydrogens (tertiary/aromatic N) is 1. The van der Waals surface area contributed by atoms with Crippen molar-refractivity contribution in [2.24, 2.45) is 0 Å². The van der Waals surface area contributed by atoms with Gasteiger partial charge in [-0.05, 0) is 31.4 Å². The molecule has 104 valence electrons. The Labute approximate surface area is 111 Å². The van der Waals surface area contributed by atoms with Crippen LogP contribution in [0.1, 0.15) is 25.3 Å². The summed E-state index contributed by atoms with van der Waals surface area (Å²) in [4.78, 5) is 13.0. The van der Waals surface area contributed by atoms with Crippen molar-refractivity contribution in [3.63, 3.8) is 0 Å². The lowest BCUT2D eigenvalue weighted by atomic mass is 10.0. The molecule has 1 aliphatic rings. The van der Waals surface area contributed by atoms with Crippen molar-refractivity contribution in [2.45, 2.75) is 32.7 Å². The van der Waals surface area contributed by atoms with Crippen LogP contribution in [-0.4, -0.2) is 29.9 Å². The Kier molecular flexibility index (Phi) is 4.02. The van der Waals surface area contributed by atoms with Crippen molar-refractivity contribution in [2.75, 3.05) is 18.4 Å². The molecule has 1 heterocycles. The number of anilines is 1. The molecule has 1 aromatic rings. The summed E-state index contributed by atoms with van der Waals surface area (Å²) in [6.45, 7) is 4.39. The van der Waals surface area contributed by atoms with Gasteiger partial charge in [-0.25, -0.2) is 8.78 Å². The Balaban J connectivity index is 1.99. The Morgan fingerprint density at radius 2 is 1.89 bits per heavy atom. The van der Waals surface area contributed by atoms with Gasteiger partial charge in [0, 0.05) is 32.1 Å². The Bertz CT molecular complexity index is 483. The van der Waals surface area contributed by atoms with E-state index in [4.69, 9.17) is 0 Å². The summed E-state index contributed by atoms with van der Waals surface area (Å²) in [5, 5.41) is 3.02. The molecule has 1 amide bonds. The Morgan fingerprint density at radius 3 is 2.47 bits per heavy atom. The standard InChI is InChI=1S/C14H18F2N2O/c1-9-7-13(16)14(8-12(9)15)17-11-3-5-18(6-4-11)10(2)19/h7-8,11,17H,3-6H2,1-2H3. The van der Waals surface area contributed by atoms with Crippen LogP contribution < -0.4 is 5.32 Å². The number of nitrogens with one attached hydrogen (secondary N) is 1.